The van der Waals surface area contributed by atoms with Crippen LogP contribution in [0, 0.1) is 5.92 Å². The van der Waals surface area contributed by atoms with Gasteiger partial charge in [-0.2, -0.15) is 0 Å². The molecule has 0 amide bonds. The van der Waals surface area contributed by atoms with E-state index in [0.29, 0.717) is 5.11 Å². The van der Waals surface area contributed by atoms with Crippen LogP contribution in [0.4, 0.5) is 5.69 Å². The maximum atomic E-state index is 5.46. The molecular weight excluding hydrogens is 344 g/mol. The SMILES string of the molecule is COc1ccc(NC(=S)NCCCN2CCCC(C)C2)c2cccnc12. The van der Waals surface area contributed by atoms with E-state index in [1.54, 1.807) is 13.3 Å². The first-order valence-corrected chi connectivity index (χ1v) is 9.77. The van der Waals surface area contributed by atoms with Gasteiger partial charge in [0, 0.05) is 30.4 Å². The number of piperidine rings is 1. The highest BCUT2D eigenvalue weighted by Gasteiger charge is 2.15. The second kappa shape index (κ2) is 9.14. The van der Waals surface area contributed by atoms with Crippen molar-refractivity contribution in [2.24, 2.45) is 5.92 Å². The molecule has 2 aromatic rings. The summed E-state index contributed by atoms with van der Waals surface area (Å²) in [7, 11) is 1.66. The smallest absolute Gasteiger partial charge is 0.170 e. The molecule has 0 radical (unpaired) electrons. The number of nitrogens with one attached hydrogen (secondary N) is 2. The van der Waals surface area contributed by atoms with Crippen molar-refractivity contribution in [1.29, 1.82) is 0 Å². The fraction of sp³-hybridized carbons (Fsp3) is 0.500. The third kappa shape index (κ3) is 4.83. The van der Waals surface area contributed by atoms with Gasteiger partial charge in [-0.1, -0.05) is 6.92 Å². The van der Waals surface area contributed by atoms with Crippen molar-refractivity contribution in [3.63, 3.8) is 0 Å². The molecule has 2 N–H and O–H groups in total. The number of fused-ring (bicyclic) bond motifs is 1. The Labute approximate surface area is 161 Å². The summed E-state index contributed by atoms with van der Waals surface area (Å²) in [5.41, 5.74) is 1.78. The zero-order valence-electron chi connectivity index (χ0n) is 15.6. The number of ether oxygens (including phenoxy) is 1. The van der Waals surface area contributed by atoms with Gasteiger partial charge >= 0.3 is 0 Å². The number of anilines is 1. The number of nitrogens with zero attached hydrogens (tertiary/aromatic N) is 2. The van der Waals surface area contributed by atoms with E-state index in [1.807, 2.05) is 24.3 Å². The van der Waals surface area contributed by atoms with Crippen LogP contribution in [0.1, 0.15) is 26.2 Å². The van der Waals surface area contributed by atoms with Gasteiger partial charge in [0.25, 0.3) is 0 Å². The minimum Gasteiger partial charge on any atom is -0.494 e. The summed E-state index contributed by atoms with van der Waals surface area (Å²) in [4.78, 5) is 6.98. The van der Waals surface area contributed by atoms with Crippen LogP contribution in [-0.4, -0.2) is 48.3 Å². The maximum absolute atomic E-state index is 5.46. The highest BCUT2D eigenvalue weighted by atomic mass is 32.1. The molecule has 1 aliphatic heterocycles. The second-order valence-corrected chi connectivity index (χ2v) is 7.41. The van der Waals surface area contributed by atoms with Crippen LogP contribution in [0.3, 0.4) is 0 Å². The van der Waals surface area contributed by atoms with Crippen LogP contribution in [0.2, 0.25) is 0 Å². The lowest BCUT2D eigenvalue weighted by Crippen LogP contribution is -2.37. The van der Waals surface area contributed by atoms with Gasteiger partial charge < -0.3 is 20.3 Å². The van der Waals surface area contributed by atoms with E-state index in [0.717, 1.165) is 47.8 Å². The predicted molar refractivity (Wildman–Crippen MR) is 112 cm³/mol. The number of thiocarbonyl (C=S) groups is 1. The normalized spacial score (nSPS) is 17.8. The van der Waals surface area contributed by atoms with Crippen LogP contribution in [0.25, 0.3) is 10.9 Å². The standard InChI is InChI=1S/C20H28N4OS/c1-15-6-4-12-24(14-15)13-5-11-22-20(26)23-17-8-9-18(25-2)19-16(17)7-3-10-21-19/h3,7-10,15H,4-6,11-14H2,1-2H3,(H2,22,23,26). The Balaban J connectivity index is 1.50. The van der Waals surface area contributed by atoms with E-state index >= 15 is 0 Å². The molecule has 1 aromatic heterocycles. The molecule has 2 heterocycles. The fourth-order valence-corrected chi connectivity index (χ4v) is 3.79. The number of rotatable bonds is 6. The van der Waals surface area contributed by atoms with Crippen LogP contribution >= 0.6 is 12.2 Å². The average molecular weight is 373 g/mol. The van der Waals surface area contributed by atoms with Crippen molar-refractivity contribution >= 4 is 33.9 Å². The largest absolute Gasteiger partial charge is 0.494 e. The maximum Gasteiger partial charge on any atom is 0.170 e. The first-order valence-electron chi connectivity index (χ1n) is 9.36. The summed E-state index contributed by atoms with van der Waals surface area (Å²) in [6, 6.07) is 7.83. The quantitative estimate of drug-likeness (QED) is 0.596. The molecule has 6 heteroatoms. The van der Waals surface area contributed by atoms with Gasteiger partial charge in [-0.15, -0.1) is 0 Å². The molecule has 1 atom stereocenters. The van der Waals surface area contributed by atoms with E-state index in [2.05, 4.69) is 27.4 Å². The zero-order valence-corrected chi connectivity index (χ0v) is 16.4. The summed E-state index contributed by atoms with van der Waals surface area (Å²) in [6.45, 7) is 6.82. The summed E-state index contributed by atoms with van der Waals surface area (Å²) < 4.78 is 5.39. The molecule has 1 unspecified atom stereocenters. The van der Waals surface area contributed by atoms with Gasteiger partial charge in [-0.3, -0.25) is 4.98 Å². The lowest BCUT2D eigenvalue weighted by molar-refractivity contribution is 0.182. The molecule has 1 saturated heterocycles. The first kappa shape index (κ1) is 18.9. The van der Waals surface area contributed by atoms with Gasteiger partial charge in [-0.25, -0.2) is 0 Å². The summed E-state index contributed by atoms with van der Waals surface area (Å²) in [5.74, 6) is 1.59. The van der Waals surface area contributed by atoms with E-state index in [4.69, 9.17) is 17.0 Å². The van der Waals surface area contributed by atoms with E-state index < -0.39 is 0 Å². The van der Waals surface area contributed by atoms with Crippen molar-refractivity contribution in [2.75, 3.05) is 38.6 Å². The zero-order chi connectivity index (χ0) is 18.4. The average Bonchev–Trinajstić information content (AvgIpc) is 2.66. The van der Waals surface area contributed by atoms with Crippen molar-refractivity contribution in [1.82, 2.24) is 15.2 Å². The number of methoxy groups -OCH3 is 1. The molecular formula is C20H28N4OS. The molecule has 0 bridgehead atoms. The van der Waals surface area contributed by atoms with Gasteiger partial charge in [0.1, 0.15) is 11.3 Å². The van der Waals surface area contributed by atoms with Gasteiger partial charge in [0.05, 0.1) is 7.11 Å². The van der Waals surface area contributed by atoms with Crippen molar-refractivity contribution in [3.8, 4) is 5.75 Å². The highest BCUT2D eigenvalue weighted by Crippen LogP contribution is 2.29. The Morgan fingerprint density at radius 2 is 2.27 bits per heavy atom. The number of likely N-dealkylation sites (tertiary alicyclic amines) is 1. The van der Waals surface area contributed by atoms with Crippen LogP contribution in [-0.2, 0) is 0 Å². The second-order valence-electron chi connectivity index (χ2n) is 7.00. The Morgan fingerprint density at radius 3 is 3.08 bits per heavy atom. The Kier molecular flexibility index (Phi) is 6.63. The van der Waals surface area contributed by atoms with Crippen LogP contribution < -0.4 is 15.4 Å². The molecule has 0 spiro atoms. The van der Waals surface area contributed by atoms with Gasteiger partial charge in [0.2, 0.25) is 0 Å². The molecule has 1 fully saturated rings. The van der Waals surface area contributed by atoms with E-state index in [9.17, 15) is 0 Å². The van der Waals surface area contributed by atoms with Crippen molar-refractivity contribution in [3.05, 3.63) is 30.5 Å². The van der Waals surface area contributed by atoms with Crippen LogP contribution in [0.5, 0.6) is 5.75 Å². The first-order chi connectivity index (χ1) is 12.7. The number of pyridine rings is 1. The molecule has 1 aliphatic rings. The molecule has 26 heavy (non-hydrogen) atoms. The van der Waals surface area contributed by atoms with E-state index in [1.165, 1.54) is 25.9 Å². The van der Waals surface area contributed by atoms with Crippen molar-refractivity contribution in [2.45, 2.75) is 26.2 Å². The molecule has 1 aromatic carbocycles. The van der Waals surface area contributed by atoms with Gasteiger partial charge in [0.15, 0.2) is 5.11 Å². The van der Waals surface area contributed by atoms with Crippen molar-refractivity contribution < 1.29 is 4.74 Å². The molecule has 5 nitrogen and oxygen atoms in total. The summed E-state index contributed by atoms with van der Waals surface area (Å²) in [5, 5.41) is 8.25. The predicted octanol–water partition coefficient (Wildman–Crippen LogP) is 3.65. The summed E-state index contributed by atoms with van der Waals surface area (Å²) >= 11 is 5.46. The topological polar surface area (TPSA) is 49.4 Å². The Bertz CT molecular complexity index is 752. The fourth-order valence-electron chi connectivity index (χ4n) is 3.58. The molecule has 0 saturated carbocycles. The lowest BCUT2D eigenvalue weighted by atomic mass is 10.0. The number of hydrogen-bond donors (Lipinski definition) is 2. The monoisotopic (exact) mass is 372 g/mol. The number of aromatic nitrogens is 1. The Morgan fingerprint density at radius 1 is 1.38 bits per heavy atom. The van der Waals surface area contributed by atoms with E-state index in [-0.39, 0.29) is 0 Å². The van der Waals surface area contributed by atoms with Gasteiger partial charge in [-0.05, 0) is 74.8 Å². The highest BCUT2D eigenvalue weighted by molar-refractivity contribution is 7.80. The third-order valence-corrected chi connectivity index (χ3v) is 5.12. The summed E-state index contributed by atoms with van der Waals surface area (Å²) in [6.07, 6.45) is 5.56. The molecule has 0 aliphatic carbocycles. The van der Waals surface area contributed by atoms with Crippen LogP contribution in [0.15, 0.2) is 30.5 Å². The Hall–Kier alpha value is -1.92. The lowest BCUT2D eigenvalue weighted by Gasteiger charge is -2.30. The molecule has 140 valence electrons. The third-order valence-electron chi connectivity index (χ3n) is 4.88. The number of hydrogen-bond acceptors (Lipinski definition) is 4. The minimum atomic E-state index is 0.646. The molecule has 3 rings (SSSR count). The number of benzene rings is 1. The minimum absolute atomic E-state index is 0.646.